The first-order chi connectivity index (χ1) is 12.8. The van der Waals surface area contributed by atoms with Gasteiger partial charge in [0.1, 0.15) is 5.75 Å². The molecule has 1 heterocycles. The topological polar surface area (TPSA) is 85.4 Å². The number of amides is 1. The van der Waals surface area contributed by atoms with Crippen LogP contribution in [-0.2, 0) is 9.84 Å². The average molecular weight is 447 g/mol. The molecule has 0 aliphatic rings. The minimum atomic E-state index is -3.46. The van der Waals surface area contributed by atoms with Crippen LogP contribution in [0, 0.1) is 0 Å². The zero-order valence-corrected chi connectivity index (χ0v) is 16.6. The number of nitrogens with one attached hydrogen (secondary N) is 1. The number of hydrogen-bond acceptors (Lipinski definition) is 5. The summed E-state index contributed by atoms with van der Waals surface area (Å²) in [5, 5.41) is 2.60. The number of nitrogens with zero attached hydrogens (tertiary/aromatic N) is 1. The monoisotopic (exact) mass is 446 g/mol. The maximum absolute atomic E-state index is 12.4. The van der Waals surface area contributed by atoms with E-state index in [4.69, 9.17) is 4.74 Å². The normalized spacial score (nSPS) is 11.0. The van der Waals surface area contributed by atoms with E-state index < -0.39 is 15.7 Å². The molecule has 0 radical (unpaired) electrons. The minimum Gasteiger partial charge on any atom is -0.439 e. The highest BCUT2D eigenvalue weighted by Gasteiger charge is 2.15. The lowest BCUT2D eigenvalue weighted by Gasteiger charge is -2.10. The van der Waals surface area contributed by atoms with Crippen molar-refractivity contribution < 1.29 is 17.9 Å². The molecule has 0 aliphatic heterocycles. The molecule has 0 spiro atoms. The Morgan fingerprint density at radius 2 is 1.85 bits per heavy atom. The Morgan fingerprint density at radius 1 is 1.07 bits per heavy atom. The van der Waals surface area contributed by atoms with Crippen molar-refractivity contribution in [3.05, 3.63) is 76.9 Å². The molecule has 0 saturated carbocycles. The zero-order chi connectivity index (χ0) is 19.4. The largest absolute Gasteiger partial charge is 0.439 e. The van der Waals surface area contributed by atoms with Crippen molar-refractivity contribution in [1.82, 2.24) is 4.98 Å². The number of ether oxygens (including phenoxy) is 1. The number of anilines is 1. The predicted octanol–water partition coefficient (Wildman–Crippen LogP) is 4.29. The Kier molecular flexibility index (Phi) is 5.57. The van der Waals surface area contributed by atoms with E-state index in [9.17, 15) is 13.2 Å². The van der Waals surface area contributed by atoms with Gasteiger partial charge < -0.3 is 10.1 Å². The SMILES string of the molecule is CS(=O)(=O)c1ccccc1NC(=O)c1ccc(Oc2cccc(Br)c2)nc1. The van der Waals surface area contributed by atoms with Crippen LogP contribution >= 0.6 is 15.9 Å². The molecule has 27 heavy (non-hydrogen) atoms. The number of para-hydroxylation sites is 1. The molecule has 6 nitrogen and oxygen atoms in total. The molecule has 0 atom stereocenters. The molecule has 0 aliphatic carbocycles. The number of carbonyl (C=O) groups excluding carboxylic acids is 1. The van der Waals surface area contributed by atoms with E-state index in [0.717, 1.165) is 10.7 Å². The van der Waals surface area contributed by atoms with Crippen molar-refractivity contribution in [3.8, 4) is 11.6 Å². The highest BCUT2D eigenvalue weighted by atomic mass is 79.9. The molecule has 0 bridgehead atoms. The Hall–Kier alpha value is -2.71. The molecule has 1 aromatic heterocycles. The minimum absolute atomic E-state index is 0.0564. The van der Waals surface area contributed by atoms with Crippen LogP contribution in [0.15, 0.2) is 76.2 Å². The number of sulfone groups is 1. The van der Waals surface area contributed by atoms with Crippen molar-refractivity contribution in [3.63, 3.8) is 0 Å². The average Bonchev–Trinajstić information content (AvgIpc) is 2.62. The van der Waals surface area contributed by atoms with Gasteiger partial charge >= 0.3 is 0 Å². The molecule has 3 rings (SSSR count). The molecule has 3 aromatic rings. The third kappa shape index (κ3) is 4.93. The van der Waals surface area contributed by atoms with E-state index in [0.29, 0.717) is 11.6 Å². The molecule has 2 aromatic carbocycles. The number of hydrogen-bond donors (Lipinski definition) is 1. The Balaban J connectivity index is 1.75. The zero-order valence-electron chi connectivity index (χ0n) is 14.2. The second-order valence-corrected chi connectivity index (χ2v) is 8.57. The van der Waals surface area contributed by atoms with Crippen molar-refractivity contribution in [2.75, 3.05) is 11.6 Å². The smallest absolute Gasteiger partial charge is 0.257 e. The van der Waals surface area contributed by atoms with Crippen LogP contribution in [0.3, 0.4) is 0 Å². The van der Waals surface area contributed by atoms with Crippen molar-refractivity contribution >= 4 is 37.4 Å². The standard InChI is InChI=1S/C19H15BrN2O4S/c1-27(24,25)17-8-3-2-7-16(17)22-19(23)13-9-10-18(21-12-13)26-15-6-4-5-14(20)11-15/h2-12H,1H3,(H,22,23). The van der Waals surface area contributed by atoms with Crippen LogP contribution < -0.4 is 10.1 Å². The lowest BCUT2D eigenvalue weighted by atomic mass is 10.2. The number of benzene rings is 2. The van der Waals surface area contributed by atoms with Gasteiger partial charge in [0, 0.05) is 23.0 Å². The summed E-state index contributed by atoms with van der Waals surface area (Å²) in [6.45, 7) is 0. The summed E-state index contributed by atoms with van der Waals surface area (Å²) in [5.74, 6) is 0.477. The summed E-state index contributed by atoms with van der Waals surface area (Å²) in [6.07, 6.45) is 2.46. The maximum atomic E-state index is 12.4. The molecule has 0 saturated heterocycles. The fourth-order valence-corrected chi connectivity index (χ4v) is 3.54. The third-order valence-electron chi connectivity index (χ3n) is 3.55. The first-order valence-electron chi connectivity index (χ1n) is 7.83. The van der Waals surface area contributed by atoms with Crippen LogP contribution in [0.5, 0.6) is 11.6 Å². The second-order valence-electron chi connectivity index (χ2n) is 5.67. The summed E-state index contributed by atoms with van der Waals surface area (Å²) >= 11 is 3.36. The lowest BCUT2D eigenvalue weighted by Crippen LogP contribution is -2.14. The third-order valence-corrected chi connectivity index (χ3v) is 5.20. The predicted molar refractivity (Wildman–Crippen MR) is 106 cm³/mol. The molecule has 8 heteroatoms. The van der Waals surface area contributed by atoms with Gasteiger partial charge in [-0.3, -0.25) is 4.79 Å². The summed E-state index contributed by atoms with van der Waals surface area (Å²) in [5.41, 5.74) is 0.499. The number of aromatic nitrogens is 1. The van der Waals surface area contributed by atoms with Gasteiger partial charge in [0.05, 0.1) is 16.1 Å². The van der Waals surface area contributed by atoms with Crippen LogP contribution in [0.4, 0.5) is 5.69 Å². The fraction of sp³-hybridized carbons (Fsp3) is 0.0526. The first kappa shape index (κ1) is 19.1. The van der Waals surface area contributed by atoms with Crippen LogP contribution in [0.2, 0.25) is 0 Å². The van der Waals surface area contributed by atoms with Crippen molar-refractivity contribution in [2.45, 2.75) is 4.90 Å². The van der Waals surface area contributed by atoms with Gasteiger partial charge in [0.25, 0.3) is 5.91 Å². The molecule has 0 fully saturated rings. The van der Waals surface area contributed by atoms with E-state index in [1.807, 2.05) is 12.1 Å². The van der Waals surface area contributed by atoms with Gasteiger partial charge in [-0.2, -0.15) is 0 Å². The van der Waals surface area contributed by atoms with Gasteiger partial charge in [0.15, 0.2) is 9.84 Å². The van der Waals surface area contributed by atoms with Crippen LogP contribution in [0.25, 0.3) is 0 Å². The molecule has 0 unspecified atom stereocenters. The first-order valence-corrected chi connectivity index (χ1v) is 10.5. The highest BCUT2D eigenvalue weighted by Crippen LogP contribution is 2.24. The lowest BCUT2D eigenvalue weighted by molar-refractivity contribution is 0.102. The molecule has 1 N–H and O–H groups in total. The van der Waals surface area contributed by atoms with Gasteiger partial charge in [0.2, 0.25) is 5.88 Å². The van der Waals surface area contributed by atoms with E-state index in [-0.39, 0.29) is 16.1 Å². The number of pyridine rings is 1. The Bertz CT molecular complexity index is 1080. The number of rotatable bonds is 5. The maximum Gasteiger partial charge on any atom is 0.257 e. The van der Waals surface area contributed by atoms with Crippen molar-refractivity contribution in [2.24, 2.45) is 0 Å². The second kappa shape index (κ2) is 7.89. The molecular weight excluding hydrogens is 432 g/mol. The number of carbonyl (C=O) groups is 1. The summed E-state index contributed by atoms with van der Waals surface area (Å²) in [7, 11) is -3.46. The van der Waals surface area contributed by atoms with Gasteiger partial charge in [-0.15, -0.1) is 0 Å². The van der Waals surface area contributed by atoms with Crippen LogP contribution in [0.1, 0.15) is 10.4 Å². The Morgan fingerprint density at radius 3 is 2.52 bits per heavy atom. The highest BCUT2D eigenvalue weighted by molar-refractivity contribution is 9.10. The number of halogens is 1. The molecule has 138 valence electrons. The van der Waals surface area contributed by atoms with Crippen LogP contribution in [-0.4, -0.2) is 25.6 Å². The molecular formula is C19H15BrN2O4S. The van der Waals surface area contributed by atoms with Gasteiger partial charge in [-0.25, -0.2) is 13.4 Å². The Labute approximate surface area is 165 Å². The summed E-state index contributed by atoms with van der Waals surface area (Å²) in [6, 6.07) is 16.6. The molecule has 1 amide bonds. The van der Waals surface area contributed by atoms with E-state index in [1.165, 1.54) is 18.3 Å². The van der Waals surface area contributed by atoms with Crippen molar-refractivity contribution in [1.29, 1.82) is 0 Å². The van der Waals surface area contributed by atoms with Gasteiger partial charge in [-0.1, -0.05) is 34.1 Å². The van der Waals surface area contributed by atoms with E-state index >= 15 is 0 Å². The fourth-order valence-electron chi connectivity index (χ4n) is 2.31. The quantitative estimate of drug-likeness (QED) is 0.631. The van der Waals surface area contributed by atoms with E-state index in [1.54, 1.807) is 36.4 Å². The summed E-state index contributed by atoms with van der Waals surface area (Å²) in [4.78, 5) is 16.6. The van der Waals surface area contributed by atoms with Gasteiger partial charge in [-0.05, 0) is 36.4 Å². The summed E-state index contributed by atoms with van der Waals surface area (Å²) < 4.78 is 30.2. The van der Waals surface area contributed by atoms with E-state index in [2.05, 4.69) is 26.2 Å².